The van der Waals surface area contributed by atoms with Gasteiger partial charge in [-0.25, -0.2) is 0 Å². The zero-order chi connectivity index (χ0) is 4.28. The Morgan fingerprint density at radius 2 is 1.57 bits per heavy atom. The zero-order valence-corrected chi connectivity index (χ0v) is 8.28. The van der Waals surface area contributed by atoms with Crippen LogP contribution >= 0.6 is 0 Å². The van der Waals surface area contributed by atoms with E-state index in [1.54, 1.807) is 0 Å². The van der Waals surface area contributed by atoms with Crippen LogP contribution in [0.3, 0.4) is 0 Å². The molecular formula is C5H13NY-2. The van der Waals surface area contributed by atoms with Crippen LogP contribution in [0.4, 0.5) is 0 Å². The second-order valence-electron chi connectivity index (χ2n) is 1.30. The molecule has 0 amide bonds. The fourth-order valence-electron chi connectivity index (χ4n) is 0. The van der Waals surface area contributed by atoms with Crippen molar-refractivity contribution in [2.75, 3.05) is 20.6 Å². The van der Waals surface area contributed by atoms with Gasteiger partial charge < -0.3 is 19.3 Å². The molecule has 0 saturated carbocycles. The van der Waals surface area contributed by atoms with Crippen molar-refractivity contribution in [2.24, 2.45) is 0 Å². The van der Waals surface area contributed by atoms with Gasteiger partial charge in [-0.3, -0.25) is 0 Å². The van der Waals surface area contributed by atoms with Gasteiger partial charge in [-0.2, -0.15) is 0 Å². The predicted octanol–water partition coefficient (Wildman–Crippen LogP) is 0.830. The molecule has 0 saturated heterocycles. The molecule has 0 atom stereocenters. The van der Waals surface area contributed by atoms with E-state index < -0.39 is 0 Å². The van der Waals surface area contributed by atoms with Crippen LogP contribution in [0.5, 0.6) is 0 Å². The molecule has 0 aromatic heterocycles. The molecule has 0 aromatic carbocycles. The monoisotopic (exact) mass is 176 g/mol. The van der Waals surface area contributed by atoms with E-state index in [2.05, 4.69) is 6.92 Å². The topological polar surface area (TPSA) is 3.24 Å². The van der Waals surface area contributed by atoms with Crippen molar-refractivity contribution in [1.82, 2.24) is 4.90 Å². The van der Waals surface area contributed by atoms with E-state index in [0.717, 1.165) is 6.54 Å². The van der Waals surface area contributed by atoms with Crippen LogP contribution in [0.25, 0.3) is 0 Å². The summed E-state index contributed by atoms with van der Waals surface area (Å²) in [6, 6.07) is 0. The van der Waals surface area contributed by atoms with Gasteiger partial charge in [-0.05, 0) is 14.1 Å². The normalized spacial score (nSPS) is 6.86. The maximum atomic E-state index is 3.61. The second-order valence-corrected chi connectivity index (χ2v) is 1.30. The SMILES string of the molecule is [CH2-]CN(C)C.[CH3-].[Y]. The molecule has 0 aromatic rings. The minimum atomic E-state index is 0. The summed E-state index contributed by atoms with van der Waals surface area (Å²) in [5.41, 5.74) is 0. The van der Waals surface area contributed by atoms with Crippen molar-refractivity contribution in [1.29, 1.82) is 0 Å². The Kier molecular flexibility index (Phi) is 22.7. The molecule has 0 fully saturated rings. The second kappa shape index (κ2) is 10.1. The number of rotatable bonds is 1. The van der Waals surface area contributed by atoms with Crippen LogP contribution in [0.15, 0.2) is 0 Å². The van der Waals surface area contributed by atoms with Crippen molar-refractivity contribution in [2.45, 2.75) is 0 Å². The van der Waals surface area contributed by atoms with Gasteiger partial charge >= 0.3 is 0 Å². The van der Waals surface area contributed by atoms with Crippen LogP contribution in [-0.2, 0) is 32.7 Å². The maximum Gasteiger partial charge on any atom is 0 e. The Bertz CT molecular complexity index is 22.0. The molecule has 1 nitrogen and oxygen atoms in total. The average Bonchev–Trinajstić information content (AvgIpc) is 1.38. The summed E-state index contributed by atoms with van der Waals surface area (Å²) in [5.74, 6) is 0. The molecular weight excluding hydrogens is 163 g/mol. The molecule has 0 aliphatic carbocycles. The summed E-state index contributed by atoms with van der Waals surface area (Å²) in [6.45, 7) is 4.50. The van der Waals surface area contributed by atoms with Gasteiger partial charge in [-0.15, -0.1) is 6.54 Å². The summed E-state index contributed by atoms with van der Waals surface area (Å²) in [6.07, 6.45) is 0. The third-order valence-corrected chi connectivity index (χ3v) is 0.447. The molecule has 2 heteroatoms. The number of hydrogen-bond donors (Lipinski definition) is 0. The number of hydrogen-bond acceptors (Lipinski definition) is 1. The van der Waals surface area contributed by atoms with E-state index in [1.807, 2.05) is 19.0 Å². The molecule has 0 aliphatic rings. The van der Waals surface area contributed by atoms with E-state index >= 15 is 0 Å². The quantitative estimate of drug-likeness (QED) is 0.535. The summed E-state index contributed by atoms with van der Waals surface area (Å²) < 4.78 is 0. The number of nitrogens with zero attached hydrogens (tertiary/aromatic N) is 1. The smallest absolute Gasteiger partial charge is 0 e. The van der Waals surface area contributed by atoms with Gasteiger partial charge in [0.05, 0.1) is 0 Å². The first kappa shape index (κ1) is 15.7. The predicted molar refractivity (Wildman–Crippen MR) is 30.3 cm³/mol. The van der Waals surface area contributed by atoms with Crippen LogP contribution < -0.4 is 0 Å². The Labute approximate surface area is 72.3 Å². The molecule has 0 aliphatic heterocycles. The van der Waals surface area contributed by atoms with Gasteiger partial charge in [0.25, 0.3) is 0 Å². The van der Waals surface area contributed by atoms with E-state index in [4.69, 9.17) is 0 Å². The van der Waals surface area contributed by atoms with Gasteiger partial charge in [0.15, 0.2) is 0 Å². The molecule has 1 radical (unpaired) electrons. The Balaban J connectivity index is -0.0000000800. The molecule has 0 spiro atoms. The van der Waals surface area contributed by atoms with Gasteiger partial charge in [0.2, 0.25) is 0 Å². The van der Waals surface area contributed by atoms with Crippen LogP contribution in [-0.4, -0.2) is 25.5 Å². The van der Waals surface area contributed by atoms with E-state index in [1.165, 1.54) is 0 Å². The fourth-order valence-corrected chi connectivity index (χ4v) is 0. The molecule has 7 heavy (non-hydrogen) atoms. The van der Waals surface area contributed by atoms with Gasteiger partial charge in [0.1, 0.15) is 0 Å². The fraction of sp³-hybridized carbons (Fsp3) is 0.600. The standard InChI is InChI=1S/C4H10N.CH3.Y/c1-4-5(2)3;;/h1,4H2,2-3H3;1H3;/q2*-1;. The third kappa shape index (κ3) is 19.3. The van der Waals surface area contributed by atoms with Crippen molar-refractivity contribution in [3.05, 3.63) is 14.4 Å². The van der Waals surface area contributed by atoms with Crippen LogP contribution in [0.1, 0.15) is 0 Å². The molecule has 0 rings (SSSR count). The van der Waals surface area contributed by atoms with E-state index in [9.17, 15) is 0 Å². The molecule has 0 unspecified atom stereocenters. The average molecular weight is 176 g/mol. The molecule has 0 bridgehead atoms. The first-order valence-electron chi connectivity index (χ1n) is 1.71. The molecule has 43 valence electrons. The Hall–Kier alpha value is 1.06. The summed E-state index contributed by atoms with van der Waals surface area (Å²) in [4.78, 5) is 2.01. The zero-order valence-electron chi connectivity index (χ0n) is 5.44. The summed E-state index contributed by atoms with van der Waals surface area (Å²) >= 11 is 0. The minimum Gasteiger partial charge on any atom is -0.358 e. The van der Waals surface area contributed by atoms with E-state index in [-0.39, 0.29) is 40.1 Å². The summed E-state index contributed by atoms with van der Waals surface area (Å²) in [7, 11) is 3.99. The van der Waals surface area contributed by atoms with Gasteiger partial charge in [-0.1, -0.05) is 0 Å². The largest absolute Gasteiger partial charge is 0.358 e. The Morgan fingerprint density at radius 3 is 1.57 bits per heavy atom. The van der Waals surface area contributed by atoms with Crippen LogP contribution in [0, 0.1) is 14.4 Å². The van der Waals surface area contributed by atoms with Crippen molar-refractivity contribution in [3.63, 3.8) is 0 Å². The first-order chi connectivity index (χ1) is 2.27. The first-order valence-corrected chi connectivity index (χ1v) is 1.71. The van der Waals surface area contributed by atoms with Gasteiger partial charge in [0, 0.05) is 32.7 Å². The Morgan fingerprint density at radius 1 is 1.43 bits per heavy atom. The van der Waals surface area contributed by atoms with Crippen LogP contribution in [0.2, 0.25) is 0 Å². The molecule has 0 heterocycles. The maximum absolute atomic E-state index is 3.61. The van der Waals surface area contributed by atoms with Crippen molar-refractivity contribution < 1.29 is 32.7 Å². The summed E-state index contributed by atoms with van der Waals surface area (Å²) in [5, 5.41) is 0. The van der Waals surface area contributed by atoms with Crippen molar-refractivity contribution >= 4 is 0 Å². The third-order valence-electron chi connectivity index (χ3n) is 0.447. The molecule has 0 N–H and O–H groups in total. The minimum absolute atomic E-state index is 0. The van der Waals surface area contributed by atoms with E-state index in [0.29, 0.717) is 0 Å². The van der Waals surface area contributed by atoms with Crippen molar-refractivity contribution in [3.8, 4) is 0 Å².